The van der Waals surface area contributed by atoms with Gasteiger partial charge in [-0.05, 0) is 12.1 Å². The quantitative estimate of drug-likeness (QED) is 0.843. The molecule has 4 heteroatoms. The van der Waals surface area contributed by atoms with Crippen molar-refractivity contribution in [3.05, 3.63) is 35.4 Å². The summed E-state index contributed by atoms with van der Waals surface area (Å²) < 4.78 is 10.6. The Morgan fingerprint density at radius 2 is 2.00 bits per heavy atom. The third kappa shape index (κ3) is 2.38. The van der Waals surface area contributed by atoms with Gasteiger partial charge in [0.1, 0.15) is 0 Å². The van der Waals surface area contributed by atoms with E-state index in [-0.39, 0.29) is 11.3 Å². The first-order chi connectivity index (χ1) is 8.84. The molecule has 1 N–H and O–H groups in total. The largest absolute Gasteiger partial charge is 0.493 e. The van der Waals surface area contributed by atoms with Crippen LogP contribution in [-0.2, 0) is 0 Å². The van der Waals surface area contributed by atoms with Crippen molar-refractivity contribution in [2.45, 2.75) is 20.8 Å². The number of hydrogen-bond donors (Lipinski definition) is 1. The fourth-order valence-corrected chi connectivity index (χ4v) is 1.87. The summed E-state index contributed by atoms with van der Waals surface area (Å²) in [5.41, 5.74) is 0.114. The number of carbonyl (C=O) groups excluding carboxylic acids is 1. The maximum atomic E-state index is 12.3. The van der Waals surface area contributed by atoms with Crippen LogP contribution >= 0.6 is 0 Å². The molecular weight excluding hydrogens is 242 g/mol. The van der Waals surface area contributed by atoms with E-state index in [1.54, 1.807) is 19.2 Å². The topological polar surface area (TPSA) is 63.3 Å². The van der Waals surface area contributed by atoms with Crippen LogP contribution in [-0.4, -0.2) is 12.9 Å². The summed E-state index contributed by atoms with van der Waals surface area (Å²) in [6.45, 7) is 5.47. The summed E-state index contributed by atoms with van der Waals surface area (Å²) in [6, 6.07) is 7.11. The molecule has 0 aliphatic carbocycles. The monoisotopic (exact) mass is 259 g/mol. The van der Waals surface area contributed by atoms with Gasteiger partial charge in [0.2, 0.25) is 5.55 Å². The van der Waals surface area contributed by atoms with Crippen molar-refractivity contribution in [3.63, 3.8) is 0 Å². The Morgan fingerprint density at radius 1 is 1.32 bits per heavy atom. The van der Waals surface area contributed by atoms with Crippen LogP contribution in [0, 0.1) is 10.8 Å². The molecular formula is C15H17NO3. The van der Waals surface area contributed by atoms with Crippen molar-refractivity contribution < 1.29 is 13.9 Å². The average molecular weight is 259 g/mol. The number of ketones is 1. The van der Waals surface area contributed by atoms with E-state index < -0.39 is 5.41 Å². The van der Waals surface area contributed by atoms with Crippen LogP contribution in [0.5, 0.6) is 5.75 Å². The molecule has 0 fully saturated rings. The Labute approximate surface area is 111 Å². The molecule has 0 atom stereocenters. The predicted octanol–water partition coefficient (Wildman–Crippen LogP) is 3.15. The highest BCUT2D eigenvalue weighted by Crippen LogP contribution is 2.26. The maximum absolute atomic E-state index is 12.3. The lowest BCUT2D eigenvalue weighted by molar-refractivity contribution is 0.0853. The van der Waals surface area contributed by atoms with E-state index in [2.05, 4.69) is 0 Å². The lowest BCUT2D eigenvalue weighted by atomic mass is 9.87. The number of fused-ring (bicyclic) bond motifs is 1. The zero-order valence-corrected chi connectivity index (χ0v) is 11.5. The zero-order chi connectivity index (χ0) is 14.2. The third-order valence-electron chi connectivity index (χ3n) is 2.90. The minimum atomic E-state index is -0.544. The molecule has 1 aromatic heterocycles. The van der Waals surface area contributed by atoms with Gasteiger partial charge in [-0.1, -0.05) is 32.9 Å². The van der Waals surface area contributed by atoms with Crippen LogP contribution in [0.4, 0.5) is 0 Å². The van der Waals surface area contributed by atoms with Crippen LogP contribution < -0.4 is 10.3 Å². The second kappa shape index (κ2) is 4.53. The van der Waals surface area contributed by atoms with Crippen LogP contribution in [0.15, 0.2) is 28.7 Å². The van der Waals surface area contributed by atoms with E-state index in [1.165, 1.54) is 0 Å². The first kappa shape index (κ1) is 13.3. The normalized spacial score (nSPS) is 11.6. The Bertz CT molecular complexity index is 693. The number of Topliss-reactive ketones (excluding diaryl/α,β-unsaturated/α-hetero) is 1. The summed E-state index contributed by atoms with van der Waals surface area (Å²) in [5.74, 6) is 0.451. The highest BCUT2D eigenvalue weighted by Gasteiger charge is 2.25. The average Bonchev–Trinajstić information content (AvgIpc) is 2.35. The van der Waals surface area contributed by atoms with Gasteiger partial charge < -0.3 is 9.15 Å². The summed E-state index contributed by atoms with van der Waals surface area (Å²) in [5, 5.41) is 8.64. The summed E-state index contributed by atoms with van der Waals surface area (Å²) in [6.07, 6.45) is 0. The number of ether oxygens (including phenoxy) is 1. The summed E-state index contributed by atoms with van der Waals surface area (Å²) in [4.78, 5) is 12.3. The number of para-hydroxylation sites is 1. The fraction of sp³-hybridized carbons (Fsp3) is 0.333. The van der Waals surface area contributed by atoms with Gasteiger partial charge in [0.25, 0.3) is 0 Å². The molecule has 0 saturated heterocycles. The number of methoxy groups -OCH3 is 1. The third-order valence-corrected chi connectivity index (χ3v) is 2.90. The number of carbonyl (C=O) groups is 1. The molecule has 19 heavy (non-hydrogen) atoms. The predicted molar refractivity (Wildman–Crippen MR) is 72.4 cm³/mol. The van der Waals surface area contributed by atoms with Crippen molar-refractivity contribution in [2.24, 2.45) is 5.41 Å². The van der Waals surface area contributed by atoms with E-state index >= 15 is 0 Å². The van der Waals surface area contributed by atoms with Crippen molar-refractivity contribution >= 4 is 16.8 Å². The van der Waals surface area contributed by atoms with Gasteiger partial charge in [0.05, 0.1) is 12.7 Å². The van der Waals surface area contributed by atoms with E-state index in [9.17, 15) is 4.79 Å². The van der Waals surface area contributed by atoms with E-state index in [0.29, 0.717) is 16.9 Å². The minimum Gasteiger partial charge on any atom is -0.493 e. The molecule has 0 amide bonds. The van der Waals surface area contributed by atoms with Crippen molar-refractivity contribution in [2.75, 3.05) is 7.11 Å². The van der Waals surface area contributed by atoms with E-state index in [4.69, 9.17) is 14.6 Å². The van der Waals surface area contributed by atoms with Gasteiger partial charge in [-0.3, -0.25) is 10.2 Å². The Hall–Kier alpha value is -2.10. The van der Waals surface area contributed by atoms with Crippen molar-refractivity contribution in [1.29, 1.82) is 5.41 Å². The van der Waals surface area contributed by atoms with Gasteiger partial charge in [0, 0.05) is 10.8 Å². The number of benzene rings is 1. The molecule has 1 aromatic carbocycles. The lowest BCUT2D eigenvalue weighted by Gasteiger charge is -2.16. The number of nitrogens with one attached hydrogen (secondary N) is 1. The van der Waals surface area contributed by atoms with Gasteiger partial charge in [-0.15, -0.1) is 0 Å². The van der Waals surface area contributed by atoms with Crippen LogP contribution in [0.25, 0.3) is 11.0 Å². The molecule has 0 spiro atoms. The minimum absolute atomic E-state index is 0.106. The fourth-order valence-electron chi connectivity index (χ4n) is 1.87. The Balaban J connectivity index is 2.71. The van der Waals surface area contributed by atoms with Crippen molar-refractivity contribution in [3.8, 4) is 5.75 Å². The molecule has 2 aromatic rings. The smallest absolute Gasteiger partial charge is 0.223 e. The number of hydrogen-bond acceptors (Lipinski definition) is 4. The summed E-state index contributed by atoms with van der Waals surface area (Å²) >= 11 is 0. The maximum Gasteiger partial charge on any atom is 0.223 e. The molecule has 0 bridgehead atoms. The molecule has 2 rings (SSSR count). The lowest BCUT2D eigenvalue weighted by Crippen LogP contribution is -2.26. The SMILES string of the molecule is COc1cccc2cc(C(=O)C(C)(C)C)c(=N)oc12. The first-order valence-corrected chi connectivity index (χ1v) is 6.05. The number of rotatable bonds is 2. The highest BCUT2D eigenvalue weighted by atomic mass is 16.5. The van der Waals surface area contributed by atoms with Gasteiger partial charge in [0.15, 0.2) is 17.1 Å². The Kier molecular flexibility index (Phi) is 3.18. The molecule has 0 saturated carbocycles. The molecule has 0 aliphatic heterocycles. The second-order valence-corrected chi connectivity index (χ2v) is 5.45. The van der Waals surface area contributed by atoms with Gasteiger partial charge >= 0.3 is 0 Å². The van der Waals surface area contributed by atoms with Gasteiger partial charge in [-0.25, -0.2) is 0 Å². The van der Waals surface area contributed by atoms with Gasteiger partial charge in [-0.2, -0.15) is 0 Å². The Morgan fingerprint density at radius 3 is 2.58 bits per heavy atom. The van der Waals surface area contributed by atoms with E-state index in [0.717, 1.165) is 5.39 Å². The molecule has 0 radical (unpaired) electrons. The molecule has 4 nitrogen and oxygen atoms in total. The van der Waals surface area contributed by atoms with Crippen LogP contribution in [0.2, 0.25) is 0 Å². The van der Waals surface area contributed by atoms with Crippen molar-refractivity contribution in [1.82, 2.24) is 0 Å². The molecule has 0 aliphatic rings. The molecule has 0 unspecified atom stereocenters. The highest BCUT2D eigenvalue weighted by molar-refractivity contribution is 6.01. The summed E-state index contributed by atoms with van der Waals surface area (Å²) in [7, 11) is 1.54. The van der Waals surface area contributed by atoms with Crippen LogP contribution in [0.1, 0.15) is 31.1 Å². The van der Waals surface area contributed by atoms with E-state index in [1.807, 2.05) is 32.9 Å². The zero-order valence-electron chi connectivity index (χ0n) is 11.5. The molecule has 1 heterocycles. The second-order valence-electron chi connectivity index (χ2n) is 5.45. The molecule has 100 valence electrons. The first-order valence-electron chi connectivity index (χ1n) is 6.05. The standard InChI is InChI=1S/C15H17NO3/c1-15(2,3)13(17)10-8-9-6-5-7-11(18-4)12(9)19-14(10)16/h5-8,16H,1-4H3. The van der Waals surface area contributed by atoms with Crippen LogP contribution in [0.3, 0.4) is 0 Å².